The third-order valence-corrected chi connectivity index (χ3v) is 9.13. The van der Waals surface area contributed by atoms with Crippen molar-refractivity contribution in [1.29, 1.82) is 0 Å². The van der Waals surface area contributed by atoms with Crippen LogP contribution in [0.25, 0.3) is 0 Å². The molecular formula is C19H17KN4O5S4. The minimum absolute atomic E-state index is 0. The summed E-state index contributed by atoms with van der Waals surface area (Å²) in [5, 5.41) is 15.8. The first-order valence-corrected chi connectivity index (χ1v) is 13.1. The summed E-state index contributed by atoms with van der Waals surface area (Å²) in [6.45, 7) is 1.84. The molecule has 2 aromatic rings. The average molecular weight is 549 g/mol. The number of thioether (sulfide) groups is 2. The van der Waals surface area contributed by atoms with Crippen molar-refractivity contribution < 1.29 is 75.7 Å². The first-order chi connectivity index (χ1) is 15.3. The Labute approximate surface area is 248 Å². The summed E-state index contributed by atoms with van der Waals surface area (Å²) in [4.78, 5) is 56.0. The van der Waals surface area contributed by atoms with Crippen molar-refractivity contribution in [3.05, 3.63) is 49.7 Å². The molecule has 3 atom stereocenters. The van der Waals surface area contributed by atoms with E-state index >= 15 is 0 Å². The molecule has 0 radical (unpaired) electrons. The first kappa shape index (κ1) is 27.0. The summed E-state index contributed by atoms with van der Waals surface area (Å²) in [5.74, 6) is -2.15. The van der Waals surface area contributed by atoms with E-state index in [2.05, 4.69) is 10.3 Å². The number of rotatable bonds is 7. The van der Waals surface area contributed by atoms with Crippen LogP contribution in [0.1, 0.15) is 25.6 Å². The van der Waals surface area contributed by atoms with E-state index in [9.17, 15) is 24.3 Å². The summed E-state index contributed by atoms with van der Waals surface area (Å²) in [7, 11) is 0. The Morgan fingerprint density at radius 3 is 2.79 bits per heavy atom. The number of hydrogen-bond donors (Lipinski definition) is 2. The second-order valence-corrected chi connectivity index (χ2v) is 11.2. The van der Waals surface area contributed by atoms with Crippen LogP contribution < -0.4 is 67.5 Å². The fourth-order valence-corrected chi connectivity index (χ4v) is 7.11. The van der Waals surface area contributed by atoms with Gasteiger partial charge in [-0.25, -0.2) is 4.98 Å². The molecule has 14 heteroatoms. The number of thiophene rings is 1. The zero-order chi connectivity index (χ0) is 23.0. The van der Waals surface area contributed by atoms with Crippen LogP contribution >= 0.6 is 46.2 Å². The quantitative estimate of drug-likeness (QED) is 0.283. The van der Waals surface area contributed by atoms with Gasteiger partial charge in [0.25, 0.3) is 5.91 Å². The summed E-state index contributed by atoms with van der Waals surface area (Å²) in [6, 6.07) is 1.72. The maximum Gasteiger partial charge on any atom is 1.00 e. The van der Waals surface area contributed by atoms with E-state index in [-0.39, 0.29) is 73.7 Å². The van der Waals surface area contributed by atoms with Gasteiger partial charge >= 0.3 is 51.4 Å². The molecule has 4 rings (SSSR count). The molecule has 9 nitrogen and oxygen atoms in total. The van der Waals surface area contributed by atoms with Gasteiger partial charge in [0.15, 0.2) is 5.01 Å². The van der Waals surface area contributed by atoms with Crippen molar-refractivity contribution in [2.45, 2.75) is 24.4 Å². The van der Waals surface area contributed by atoms with Gasteiger partial charge in [0.05, 0.1) is 11.7 Å². The number of thiazole rings is 1. The van der Waals surface area contributed by atoms with E-state index in [1.54, 1.807) is 23.7 Å². The smallest absolute Gasteiger partial charge is 0.543 e. The average Bonchev–Trinajstić information content (AvgIpc) is 3.46. The van der Waals surface area contributed by atoms with Gasteiger partial charge in [-0.3, -0.25) is 19.3 Å². The SMILES string of the molecule is Cc1cnc(C(=O)SCC2=C(C(=O)[O-])N3C(=O)C(NC(=O)C(N)c4cccs4)[C@@H]3SC2)s1.[K+]. The Morgan fingerprint density at radius 1 is 1.42 bits per heavy atom. The summed E-state index contributed by atoms with van der Waals surface area (Å²) in [5.41, 5.74) is 6.14. The zero-order valence-corrected chi connectivity index (χ0v) is 24.0. The van der Waals surface area contributed by atoms with Crippen LogP contribution in [0, 0.1) is 6.92 Å². The predicted octanol–water partition coefficient (Wildman–Crippen LogP) is -2.51. The van der Waals surface area contributed by atoms with Gasteiger partial charge in [-0.1, -0.05) is 17.8 Å². The first-order valence-electron chi connectivity index (χ1n) is 9.35. The van der Waals surface area contributed by atoms with Crippen LogP contribution in [0.2, 0.25) is 0 Å². The molecule has 2 aliphatic rings. The number of β-lactam (4-membered cyclic amide) rings is 1. The molecule has 3 N–H and O–H groups in total. The van der Waals surface area contributed by atoms with E-state index in [1.165, 1.54) is 34.4 Å². The number of aliphatic carboxylic acids is 1. The topological polar surface area (TPSA) is 146 Å². The minimum Gasteiger partial charge on any atom is -0.543 e. The Balaban J connectivity index is 0.00000306. The number of hydrogen-bond acceptors (Lipinski definition) is 11. The van der Waals surface area contributed by atoms with Crippen LogP contribution in [0.4, 0.5) is 0 Å². The number of carboxylic acid groups (broad SMARTS) is 1. The number of fused-ring (bicyclic) bond motifs is 1. The maximum atomic E-state index is 12.7. The van der Waals surface area contributed by atoms with Crippen molar-refractivity contribution >= 4 is 69.1 Å². The standard InChI is InChI=1S/C19H18N4O5S4.K/c1-8-5-21-15(32-8)19(28)31-7-9-6-30-17-12(16(25)23(17)13(9)18(26)27)22-14(24)11(20)10-3-2-4-29-10;/h2-5,11-12,17H,6-7,20H2,1H3,(H,22,24)(H,26,27);/q;+1/p-1/t11?,12?,17-;/m0./s1. The molecule has 168 valence electrons. The van der Waals surface area contributed by atoms with E-state index in [4.69, 9.17) is 5.73 Å². The van der Waals surface area contributed by atoms with Crippen LogP contribution in [0.5, 0.6) is 0 Å². The Kier molecular flexibility index (Phi) is 9.39. The van der Waals surface area contributed by atoms with Crippen LogP contribution in [-0.2, 0) is 14.4 Å². The summed E-state index contributed by atoms with van der Waals surface area (Å²) in [6.07, 6.45) is 1.60. The molecule has 1 fully saturated rings. The maximum absolute atomic E-state index is 12.7. The molecular weight excluding hydrogens is 532 g/mol. The van der Waals surface area contributed by atoms with Gasteiger partial charge in [-0.2, -0.15) is 0 Å². The van der Waals surface area contributed by atoms with E-state index in [0.29, 0.717) is 15.5 Å². The third kappa shape index (κ3) is 5.65. The van der Waals surface area contributed by atoms with Gasteiger partial charge in [-0.15, -0.1) is 34.4 Å². The van der Waals surface area contributed by atoms with Crippen LogP contribution in [0.15, 0.2) is 35.0 Å². The molecule has 4 heterocycles. The molecule has 1 saturated heterocycles. The van der Waals surface area contributed by atoms with Crippen LogP contribution in [0.3, 0.4) is 0 Å². The van der Waals surface area contributed by atoms with Gasteiger partial charge in [0.1, 0.15) is 17.5 Å². The number of carbonyl (C=O) groups is 4. The van der Waals surface area contributed by atoms with Gasteiger partial charge in [-0.05, 0) is 23.9 Å². The Morgan fingerprint density at radius 2 is 2.18 bits per heavy atom. The van der Waals surface area contributed by atoms with Crippen LogP contribution in [-0.4, -0.2) is 55.7 Å². The van der Waals surface area contributed by atoms with E-state index < -0.39 is 35.2 Å². The third-order valence-electron chi connectivity index (χ3n) is 4.84. The van der Waals surface area contributed by atoms with Crippen molar-refractivity contribution in [2.24, 2.45) is 5.73 Å². The molecule has 0 saturated carbocycles. The number of carbonyl (C=O) groups excluding carboxylic acids is 4. The molecule has 2 amide bonds. The van der Waals surface area contributed by atoms with Crippen molar-refractivity contribution in [3.63, 3.8) is 0 Å². The fraction of sp³-hybridized carbons (Fsp3) is 0.316. The Hall–Kier alpha value is -0.554. The number of amides is 2. The number of carboxylic acids is 1. The van der Waals surface area contributed by atoms with Crippen molar-refractivity contribution in [1.82, 2.24) is 15.2 Å². The number of nitrogens with two attached hydrogens (primary N) is 1. The second-order valence-electron chi connectivity index (χ2n) is 6.98. The fourth-order valence-electron chi connectivity index (χ4n) is 3.29. The van der Waals surface area contributed by atoms with Gasteiger partial charge < -0.3 is 21.0 Å². The van der Waals surface area contributed by atoms with Crippen molar-refractivity contribution in [3.8, 4) is 0 Å². The molecule has 2 unspecified atom stereocenters. The monoisotopic (exact) mass is 548 g/mol. The summed E-state index contributed by atoms with van der Waals surface area (Å²) >= 11 is 4.86. The molecule has 2 aromatic heterocycles. The molecule has 0 spiro atoms. The molecule has 33 heavy (non-hydrogen) atoms. The van der Waals surface area contributed by atoms with E-state index in [1.807, 2.05) is 6.92 Å². The summed E-state index contributed by atoms with van der Waals surface area (Å²) < 4.78 is 0. The second kappa shape index (κ2) is 11.5. The minimum atomic E-state index is -1.49. The normalized spacial score (nSPS) is 20.4. The number of aromatic nitrogens is 1. The van der Waals surface area contributed by atoms with Gasteiger partial charge in [0, 0.05) is 27.5 Å². The largest absolute Gasteiger partial charge is 1.00 e. The predicted molar refractivity (Wildman–Crippen MR) is 122 cm³/mol. The molecule has 2 aliphatic heterocycles. The van der Waals surface area contributed by atoms with E-state index in [0.717, 1.165) is 21.5 Å². The van der Waals surface area contributed by atoms with Crippen molar-refractivity contribution in [2.75, 3.05) is 11.5 Å². The van der Waals surface area contributed by atoms with Gasteiger partial charge in [0.2, 0.25) is 11.0 Å². The molecule has 0 aromatic carbocycles. The number of aryl methyl sites for hydroxylation is 1. The molecule has 0 aliphatic carbocycles. The zero-order valence-electron chi connectivity index (χ0n) is 17.6. The number of nitrogens with zero attached hydrogens (tertiary/aromatic N) is 2. The molecule has 0 bridgehead atoms. The number of nitrogens with one attached hydrogen (secondary N) is 1. The Bertz CT molecular complexity index is 1120.